The van der Waals surface area contributed by atoms with Gasteiger partial charge in [-0.15, -0.1) is 0 Å². The summed E-state index contributed by atoms with van der Waals surface area (Å²) in [4.78, 5) is 14.0. The van der Waals surface area contributed by atoms with Crippen LogP contribution in [0.15, 0.2) is 0 Å². The number of carbonyl (C=O) groups excluding carboxylic acids is 1. The predicted octanol–water partition coefficient (Wildman–Crippen LogP) is 0.376. The Labute approximate surface area is 91.0 Å². The highest BCUT2D eigenvalue weighted by molar-refractivity contribution is 5.82. The van der Waals surface area contributed by atoms with Crippen LogP contribution >= 0.6 is 0 Å². The summed E-state index contributed by atoms with van der Waals surface area (Å²) in [6, 6.07) is 0.0700. The number of carbonyl (C=O) groups is 1. The van der Waals surface area contributed by atoms with E-state index in [1.54, 1.807) is 0 Å². The van der Waals surface area contributed by atoms with E-state index < -0.39 is 0 Å². The lowest BCUT2D eigenvalue weighted by atomic mass is 10.1. The van der Waals surface area contributed by atoms with E-state index in [0.29, 0.717) is 6.61 Å². The SMILES string of the molecule is CCC1CN(C(=O)[C@H]2CCCN2)CCO1. The summed E-state index contributed by atoms with van der Waals surface area (Å²) < 4.78 is 5.56. The Morgan fingerprint density at radius 1 is 1.60 bits per heavy atom. The maximum absolute atomic E-state index is 12.1. The molecule has 2 atom stereocenters. The fourth-order valence-corrected chi connectivity index (χ4v) is 2.28. The van der Waals surface area contributed by atoms with E-state index in [9.17, 15) is 4.79 Å². The molecule has 0 aromatic heterocycles. The Kier molecular flexibility index (Phi) is 3.59. The van der Waals surface area contributed by atoms with Gasteiger partial charge in [0.05, 0.1) is 18.8 Å². The second kappa shape index (κ2) is 4.94. The fraction of sp³-hybridized carbons (Fsp3) is 0.909. The third-order valence-electron chi connectivity index (χ3n) is 3.26. The zero-order chi connectivity index (χ0) is 10.7. The number of amides is 1. The normalized spacial score (nSPS) is 31.9. The van der Waals surface area contributed by atoms with E-state index >= 15 is 0 Å². The summed E-state index contributed by atoms with van der Waals surface area (Å²) in [5, 5.41) is 3.25. The molecule has 2 fully saturated rings. The Hall–Kier alpha value is -0.610. The fourth-order valence-electron chi connectivity index (χ4n) is 2.28. The topological polar surface area (TPSA) is 41.6 Å². The van der Waals surface area contributed by atoms with Crippen LogP contribution in [0, 0.1) is 0 Å². The van der Waals surface area contributed by atoms with Crippen molar-refractivity contribution in [3.8, 4) is 0 Å². The van der Waals surface area contributed by atoms with E-state index in [1.807, 2.05) is 4.90 Å². The van der Waals surface area contributed by atoms with Crippen molar-refractivity contribution >= 4 is 5.91 Å². The van der Waals surface area contributed by atoms with Crippen LogP contribution < -0.4 is 5.32 Å². The van der Waals surface area contributed by atoms with Crippen molar-refractivity contribution in [3.63, 3.8) is 0 Å². The Balaban J connectivity index is 1.88. The minimum absolute atomic E-state index is 0.0700. The van der Waals surface area contributed by atoms with Gasteiger partial charge in [0.2, 0.25) is 5.91 Å². The van der Waals surface area contributed by atoms with Crippen molar-refractivity contribution in [2.24, 2.45) is 0 Å². The summed E-state index contributed by atoms with van der Waals surface area (Å²) in [6.45, 7) is 5.31. The molecule has 0 spiro atoms. The van der Waals surface area contributed by atoms with Crippen LogP contribution in [0.1, 0.15) is 26.2 Å². The van der Waals surface area contributed by atoms with Crippen molar-refractivity contribution in [2.75, 3.05) is 26.2 Å². The highest BCUT2D eigenvalue weighted by Crippen LogP contribution is 2.13. The van der Waals surface area contributed by atoms with Gasteiger partial charge in [0.25, 0.3) is 0 Å². The Morgan fingerprint density at radius 3 is 3.13 bits per heavy atom. The van der Waals surface area contributed by atoms with Crippen molar-refractivity contribution < 1.29 is 9.53 Å². The molecular formula is C11H20N2O2. The lowest BCUT2D eigenvalue weighted by Crippen LogP contribution is -2.51. The van der Waals surface area contributed by atoms with Crippen LogP contribution in [0.3, 0.4) is 0 Å². The molecule has 0 aliphatic carbocycles. The average molecular weight is 212 g/mol. The molecule has 0 bridgehead atoms. The lowest BCUT2D eigenvalue weighted by molar-refractivity contribution is -0.140. The molecule has 86 valence electrons. The zero-order valence-electron chi connectivity index (χ0n) is 9.37. The first-order valence-electron chi connectivity index (χ1n) is 5.95. The standard InChI is InChI=1S/C11H20N2O2/c1-2-9-8-13(6-7-15-9)11(14)10-4-3-5-12-10/h9-10,12H,2-8H2,1H3/t9?,10-/m1/s1. The number of rotatable bonds is 2. The van der Waals surface area contributed by atoms with E-state index in [0.717, 1.165) is 38.9 Å². The van der Waals surface area contributed by atoms with Gasteiger partial charge in [0.1, 0.15) is 0 Å². The van der Waals surface area contributed by atoms with E-state index in [-0.39, 0.29) is 18.1 Å². The lowest BCUT2D eigenvalue weighted by Gasteiger charge is -2.34. The first kappa shape index (κ1) is 10.9. The van der Waals surface area contributed by atoms with Crippen molar-refractivity contribution in [2.45, 2.75) is 38.3 Å². The molecule has 0 aromatic carbocycles. The van der Waals surface area contributed by atoms with Gasteiger partial charge in [-0.25, -0.2) is 0 Å². The molecule has 2 aliphatic rings. The van der Waals surface area contributed by atoms with Crippen molar-refractivity contribution in [3.05, 3.63) is 0 Å². The molecule has 15 heavy (non-hydrogen) atoms. The molecule has 0 saturated carbocycles. The smallest absolute Gasteiger partial charge is 0.239 e. The van der Waals surface area contributed by atoms with Gasteiger partial charge in [-0.2, -0.15) is 0 Å². The van der Waals surface area contributed by atoms with Crippen LogP contribution in [-0.2, 0) is 9.53 Å². The van der Waals surface area contributed by atoms with Gasteiger partial charge in [0, 0.05) is 13.1 Å². The van der Waals surface area contributed by atoms with Gasteiger partial charge < -0.3 is 15.0 Å². The average Bonchev–Trinajstić information content (AvgIpc) is 2.81. The van der Waals surface area contributed by atoms with Crippen LogP contribution in [0.5, 0.6) is 0 Å². The third kappa shape index (κ3) is 2.49. The van der Waals surface area contributed by atoms with E-state index in [1.165, 1.54) is 0 Å². The number of hydrogen-bond donors (Lipinski definition) is 1. The quantitative estimate of drug-likeness (QED) is 0.719. The first-order valence-corrected chi connectivity index (χ1v) is 5.95. The first-order chi connectivity index (χ1) is 7.31. The van der Waals surface area contributed by atoms with Gasteiger partial charge in [-0.3, -0.25) is 4.79 Å². The molecule has 2 heterocycles. The van der Waals surface area contributed by atoms with Crippen molar-refractivity contribution in [1.82, 2.24) is 10.2 Å². The van der Waals surface area contributed by atoms with E-state index in [4.69, 9.17) is 4.74 Å². The largest absolute Gasteiger partial charge is 0.375 e. The van der Waals surface area contributed by atoms with Gasteiger partial charge >= 0.3 is 0 Å². The molecule has 4 heteroatoms. The molecule has 0 aromatic rings. The molecule has 0 radical (unpaired) electrons. The Bertz CT molecular complexity index is 227. The minimum atomic E-state index is 0.0700. The highest BCUT2D eigenvalue weighted by atomic mass is 16.5. The maximum atomic E-state index is 12.1. The minimum Gasteiger partial charge on any atom is -0.375 e. The molecule has 1 amide bonds. The zero-order valence-corrected chi connectivity index (χ0v) is 9.37. The number of nitrogens with one attached hydrogen (secondary N) is 1. The van der Waals surface area contributed by atoms with Gasteiger partial charge in [-0.1, -0.05) is 6.92 Å². The maximum Gasteiger partial charge on any atom is 0.239 e. The molecule has 1 unspecified atom stereocenters. The Morgan fingerprint density at radius 2 is 2.47 bits per heavy atom. The molecule has 1 N–H and O–H groups in total. The monoisotopic (exact) mass is 212 g/mol. The number of ether oxygens (including phenoxy) is 1. The molecular weight excluding hydrogens is 192 g/mol. The summed E-state index contributed by atoms with van der Waals surface area (Å²) >= 11 is 0. The van der Waals surface area contributed by atoms with Crippen LogP contribution in [0.2, 0.25) is 0 Å². The third-order valence-corrected chi connectivity index (χ3v) is 3.26. The molecule has 4 nitrogen and oxygen atoms in total. The van der Waals surface area contributed by atoms with Crippen LogP contribution in [0.25, 0.3) is 0 Å². The number of nitrogens with zero attached hydrogens (tertiary/aromatic N) is 1. The highest BCUT2D eigenvalue weighted by Gasteiger charge is 2.30. The summed E-state index contributed by atoms with van der Waals surface area (Å²) in [6.07, 6.45) is 3.34. The number of hydrogen-bond acceptors (Lipinski definition) is 3. The van der Waals surface area contributed by atoms with Crippen LogP contribution in [0.4, 0.5) is 0 Å². The summed E-state index contributed by atoms with van der Waals surface area (Å²) in [5.41, 5.74) is 0. The van der Waals surface area contributed by atoms with Crippen molar-refractivity contribution in [1.29, 1.82) is 0 Å². The van der Waals surface area contributed by atoms with Gasteiger partial charge in [-0.05, 0) is 25.8 Å². The molecule has 2 saturated heterocycles. The van der Waals surface area contributed by atoms with E-state index in [2.05, 4.69) is 12.2 Å². The summed E-state index contributed by atoms with van der Waals surface area (Å²) in [5.74, 6) is 0.272. The predicted molar refractivity (Wildman–Crippen MR) is 57.6 cm³/mol. The van der Waals surface area contributed by atoms with Gasteiger partial charge in [0.15, 0.2) is 0 Å². The molecule has 2 aliphatic heterocycles. The molecule has 2 rings (SSSR count). The second-order valence-electron chi connectivity index (χ2n) is 4.33. The van der Waals surface area contributed by atoms with Crippen LogP contribution in [-0.4, -0.2) is 49.2 Å². The second-order valence-corrected chi connectivity index (χ2v) is 4.33. The number of morpholine rings is 1. The summed E-state index contributed by atoms with van der Waals surface area (Å²) in [7, 11) is 0.